The molecule has 26 heavy (non-hydrogen) atoms. The minimum Gasteiger partial charge on any atom is -0.454 e. The number of ether oxygens (including phenoxy) is 2. The van der Waals surface area contributed by atoms with Gasteiger partial charge in [0.25, 0.3) is 0 Å². The number of aliphatic imine (C=N–C) groups is 1. The van der Waals surface area contributed by atoms with Crippen molar-refractivity contribution in [1.29, 1.82) is 0 Å². The molecule has 1 atom stereocenters. The molecule has 0 aliphatic carbocycles. The van der Waals surface area contributed by atoms with E-state index in [1.807, 2.05) is 13.1 Å². The third-order valence-electron chi connectivity index (χ3n) is 4.75. The van der Waals surface area contributed by atoms with Crippen LogP contribution in [-0.2, 0) is 6.42 Å². The van der Waals surface area contributed by atoms with E-state index in [1.165, 1.54) is 38.0 Å². The molecule has 1 aromatic rings. The molecule has 1 aromatic carbocycles. The molecule has 0 spiro atoms. The maximum Gasteiger partial charge on any atom is 0.231 e. The molecule has 0 bridgehead atoms. The Balaban J connectivity index is 0.00000243. The number of hydrogen-bond acceptors (Lipinski definition) is 4. The number of hydrogen-bond donors (Lipinski definition) is 2. The number of guanidine groups is 1. The molecule has 3 rings (SSSR count). The summed E-state index contributed by atoms with van der Waals surface area (Å²) in [5.41, 5.74) is 1.23. The standard InChI is InChI=1S/C19H30N4O2.HI/c1-15(13-23-9-3-4-10-23)12-22-19(20-2)21-8-7-16-5-6-17-18(11-16)25-14-24-17;/h5-6,11,15H,3-4,7-10,12-14H2,1-2H3,(H2,20,21,22);1H. The Hall–Kier alpha value is -1.22. The Morgan fingerprint density at radius 2 is 1.96 bits per heavy atom. The Labute approximate surface area is 173 Å². The fourth-order valence-electron chi connectivity index (χ4n) is 3.38. The summed E-state index contributed by atoms with van der Waals surface area (Å²) in [6.07, 6.45) is 3.62. The quantitative estimate of drug-likeness (QED) is 0.362. The molecular weight excluding hydrogens is 443 g/mol. The van der Waals surface area contributed by atoms with Crippen molar-refractivity contribution < 1.29 is 9.47 Å². The van der Waals surface area contributed by atoms with Gasteiger partial charge in [-0.25, -0.2) is 0 Å². The zero-order valence-corrected chi connectivity index (χ0v) is 18.1. The molecule has 1 saturated heterocycles. The van der Waals surface area contributed by atoms with E-state index in [1.54, 1.807) is 0 Å². The van der Waals surface area contributed by atoms with Crippen molar-refractivity contribution in [1.82, 2.24) is 15.5 Å². The minimum atomic E-state index is 0. The van der Waals surface area contributed by atoms with E-state index in [9.17, 15) is 0 Å². The molecule has 6 nitrogen and oxygen atoms in total. The van der Waals surface area contributed by atoms with E-state index in [0.717, 1.165) is 37.0 Å². The summed E-state index contributed by atoms with van der Waals surface area (Å²) in [6.45, 7) is 8.08. The molecule has 0 radical (unpaired) electrons. The SMILES string of the molecule is CN=C(NCCc1ccc2c(c1)OCO2)NCC(C)CN1CCCC1.I. The smallest absolute Gasteiger partial charge is 0.231 e. The lowest BCUT2D eigenvalue weighted by Crippen LogP contribution is -2.42. The molecule has 1 unspecified atom stereocenters. The Kier molecular flexibility index (Phi) is 8.77. The van der Waals surface area contributed by atoms with Gasteiger partial charge in [-0.15, -0.1) is 24.0 Å². The highest BCUT2D eigenvalue weighted by Gasteiger charge is 2.15. The lowest BCUT2D eigenvalue weighted by atomic mass is 10.1. The number of fused-ring (bicyclic) bond motifs is 1. The zero-order chi connectivity index (χ0) is 17.5. The second-order valence-corrected chi connectivity index (χ2v) is 6.93. The number of halogens is 1. The van der Waals surface area contributed by atoms with Gasteiger partial charge in [-0.1, -0.05) is 13.0 Å². The maximum atomic E-state index is 5.42. The third kappa shape index (κ3) is 6.19. The van der Waals surface area contributed by atoms with E-state index < -0.39 is 0 Å². The average molecular weight is 474 g/mol. The van der Waals surface area contributed by atoms with Crippen molar-refractivity contribution in [3.63, 3.8) is 0 Å². The van der Waals surface area contributed by atoms with Crippen LogP contribution in [0.25, 0.3) is 0 Å². The van der Waals surface area contributed by atoms with Crippen LogP contribution >= 0.6 is 24.0 Å². The van der Waals surface area contributed by atoms with Crippen LogP contribution in [0.1, 0.15) is 25.3 Å². The van der Waals surface area contributed by atoms with Crippen LogP contribution in [-0.4, -0.2) is 57.4 Å². The van der Waals surface area contributed by atoms with Gasteiger partial charge in [0.15, 0.2) is 17.5 Å². The molecule has 0 aromatic heterocycles. The van der Waals surface area contributed by atoms with Gasteiger partial charge in [0.2, 0.25) is 6.79 Å². The first-order valence-corrected chi connectivity index (χ1v) is 9.30. The predicted octanol–water partition coefficient (Wildman–Crippen LogP) is 2.47. The normalized spacial score (nSPS) is 17.7. The lowest BCUT2D eigenvalue weighted by molar-refractivity contribution is 0.174. The molecule has 2 heterocycles. The van der Waals surface area contributed by atoms with Crippen LogP contribution in [0.2, 0.25) is 0 Å². The molecule has 0 saturated carbocycles. The van der Waals surface area contributed by atoms with Crippen molar-refractivity contribution in [3.8, 4) is 11.5 Å². The maximum absolute atomic E-state index is 5.42. The third-order valence-corrected chi connectivity index (χ3v) is 4.75. The van der Waals surface area contributed by atoms with Gasteiger partial charge in [0, 0.05) is 26.7 Å². The summed E-state index contributed by atoms with van der Waals surface area (Å²) < 4.78 is 10.8. The van der Waals surface area contributed by atoms with Crippen LogP contribution in [0.5, 0.6) is 11.5 Å². The minimum absolute atomic E-state index is 0. The number of nitrogens with one attached hydrogen (secondary N) is 2. The van der Waals surface area contributed by atoms with E-state index in [4.69, 9.17) is 9.47 Å². The Bertz CT molecular complexity index is 591. The first-order chi connectivity index (χ1) is 12.2. The van der Waals surface area contributed by atoms with Crippen molar-refractivity contribution in [3.05, 3.63) is 23.8 Å². The summed E-state index contributed by atoms with van der Waals surface area (Å²) in [5, 5.41) is 6.83. The van der Waals surface area contributed by atoms with Crippen LogP contribution in [0.15, 0.2) is 23.2 Å². The van der Waals surface area contributed by atoms with Gasteiger partial charge in [0.05, 0.1) is 0 Å². The molecule has 146 valence electrons. The van der Waals surface area contributed by atoms with Gasteiger partial charge in [0.1, 0.15) is 0 Å². The Morgan fingerprint density at radius 3 is 2.73 bits per heavy atom. The topological polar surface area (TPSA) is 58.1 Å². The fourth-order valence-corrected chi connectivity index (χ4v) is 3.38. The number of rotatable bonds is 7. The van der Waals surface area contributed by atoms with Crippen LogP contribution in [0.4, 0.5) is 0 Å². The van der Waals surface area contributed by atoms with Gasteiger partial charge >= 0.3 is 0 Å². The number of nitrogens with zero attached hydrogens (tertiary/aromatic N) is 2. The molecule has 0 amide bonds. The van der Waals surface area contributed by atoms with Crippen molar-refractivity contribution in [2.45, 2.75) is 26.2 Å². The molecule has 2 aliphatic rings. The summed E-state index contributed by atoms with van der Waals surface area (Å²) >= 11 is 0. The van der Waals surface area contributed by atoms with E-state index in [2.05, 4.69) is 39.6 Å². The molecule has 1 fully saturated rings. The molecule has 2 N–H and O–H groups in total. The van der Waals surface area contributed by atoms with Gasteiger partial charge in [-0.05, 0) is 56.0 Å². The average Bonchev–Trinajstić information content (AvgIpc) is 3.28. The molecule has 7 heteroatoms. The monoisotopic (exact) mass is 474 g/mol. The van der Waals surface area contributed by atoms with Gasteiger partial charge in [-0.2, -0.15) is 0 Å². The van der Waals surface area contributed by atoms with Crippen molar-refractivity contribution >= 4 is 29.9 Å². The largest absolute Gasteiger partial charge is 0.454 e. The number of likely N-dealkylation sites (tertiary alicyclic amines) is 1. The van der Waals surface area contributed by atoms with Crippen LogP contribution in [0.3, 0.4) is 0 Å². The van der Waals surface area contributed by atoms with Crippen LogP contribution in [0, 0.1) is 5.92 Å². The van der Waals surface area contributed by atoms with E-state index in [0.29, 0.717) is 12.7 Å². The zero-order valence-electron chi connectivity index (χ0n) is 15.8. The van der Waals surface area contributed by atoms with Gasteiger partial charge in [-0.3, -0.25) is 4.99 Å². The van der Waals surface area contributed by atoms with Crippen molar-refractivity contribution in [2.75, 3.05) is 46.6 Å². The summed E-state index contributed by atoms with van der Waals surface area (Å²) in [6, 6.07) is 6.12. The first kappa shape index (κ1) is 21.1. The summed E-state index contributed by atoms with van der Waals surface area (Å²) in [4.78, 5) is 6.87. The highest BCUT2D eigenvalue weighted by atomic mass is 127. The van der Waals surface area contributed by atoms with Crippen LogP contribution < -0.4 is 20.1 Å². The summed E-state index contributed by atoms with van der Waals surface area (Å²) in [7, 11) is 1.82. The fraction of sp³-hybridized carbons (Fsp3) is 0.632. The second-order valence-electron chi connectivity index (χ2n) is 6.93. The highest BCUT2D eigenvalue weighted by Crippen LogP contribution is 2.32. The second kappa shape index (κ2) is 10.8. The van der Waals surface area contributed by atoms with E-state index >= 15 is 0 Å². The van der Waals surface area contributed by atoms with Gasteiger partial charge < -0.3 is 25.0 Å². The van der Waals surface area contributed by atoms with E-state index in [-0.39, 0.29) is 24.0 Å². The predicted molar refractivity (Wildman–Crippen MR) is 116 cm³/mol. The summed E-state index contributed by atoms with van der Waals surface area (Å²) in [5.74, 6) is 3.16. The molecular formula is C19H31IN4O2. The lowest BCUT2D eigenvalue weighted by Gasteiger charge is -2.21. The Morgan fingerprint density at radius 1 is 1.19 bits per heavy atom. The molecule has 2 aliphatic heterocycles. The number of benzene rings is 1. The van der Waals surface area contributed by atoms with Crippen molar-refractivity contribution in [2.24, 2.45) is 10.9 Å². The highest BCUT2D eigenvalue weighted by molar-refractivity contribution is 14.0. The first-order valence-electron chi connectivity index (χ1n) is 9.30.